The number of amides is 1. The third-order valence-corrected chi connectivity index (χ3v) is 3.17. The zero-order valence-corrected chi connectivity index (χ0v) is 12.6. The fraction of sp³-hybridized carbons (Fsp3) is 0.308. The van der Waals surface area contributed by atoms with Gasteiger partial charge >= 0.3 is 5.97 Å². The Morgan fingerprint density at radius 2 is 2.00 bits per heavy atom. The van der Waals surface area contributed by atoms with Crippen molar-refractivity contribution in [1.82, 2.24) is 25.1 Å². The number of aromatic nitrogens is 4. The predicted molar refractivity (Wildman–Crippen MR) is 78.2 cm³/mol. The van der Waals surface area contributed by atoms with E-state index in [9.17, 15) is 9.59 Å². The van der Waals surface area contributed by atoms with Gasteiger partial charge in [0, 0.05) is 24.2 Å². The first-order chi connectivity index (χ1) is 10.5. The maximum Gasteiger partial charge on any atom is 0.305 e. The van der Waals surface area contributed by atoms with Crippen molar-refractivity contribution < 1.29 is 14.7 Å². The molecular weight excluding hydrogens is 310 g/mol. The summed E-state index contributed by atoms with van der Waals surface area (Å²) in [5, 5.41) is 21.0. The Kier molecular flexibility index (Phi) is 5.05. The number of nitrogens with zero attached hydrogens (tertiary/aromatic N) is 5. The number of hydrogen-bond acceptors (Lipinski definition) is 5. The molecule has 1 amide bonds. The Balaban J connectivity index is 1.98. The molecule has 8 nitrogen and oxygen atoms in total. The van der Waals surface area contributed by atoms with Gasteiger partial charge in [-0.05, 0) is 29.5 Å². The van der Waals surface area contributed by atoms with Gasteiger partial charge in [0.1, 0.15) is 6.54 Å². The van der Waals surface area contributed by atoms with Gasteiger partial charge in [-0.3, -0.25) is 9.59 Å². The third-order valence-electron chi connectivity index (χ3n) is 2.92. The Labute approximate surface area is 131 Å². The summed E-state index contributed by atoms with van der Waals surface area (Å²) in [5.74, 6) is -0.859. The van der Waals surface area contributed by atoms with Gasteiger partial charge in [0.15, 0.2) is 0 Å². The molecule has 0 aliphatic rings. The highest BCUT2D eigenvalue weighted by molar-refractivity contribution is 6.30. The lowest BCUT2D eigenvalue weighted by atomic mass is 10.2. The highest BCUT2D eigenvalue weighted by Crippen LogP contribution is 2.16. The van der Waals surface area contributed by atoms with Crippen LogP contribution < -0.4 is 0 Å². The number of benzene rings is 1. The molecule has 0 saturated heterocycles. The van der Waals surface area contributed by atoms with Gasteiger partial charge in [-0.1, -0.05) is 11.6 Å². The molecule has 0 aliphatic carbocycles. The van der Waals surface area contributed by atoms with E-state index in [4.69, 9.17) is 16.7 Å². The Bertz CT molecular complexity index is 671. The summed E-state index contributed by atoms with van der Waals surface area (Å²) in [5.41, 5.74) is 0.738. The van der Waals surface area contributed by atoms with Crippen molar-refractivity contribution in [2.45, 2.75) is 13.0 Å². The average Bonchev–Trinajstić information content (AvgIpc) is 2.93. The second-order valence-corrected chi connectivity index (χ2v) is 5.05. The van der Waals surface area contributed by atoms with Crippen LogP contribution in [0.15, 0.2) is 24.3 Å². The standard InChI is InChI=1S/C13H14ClN5O3/c1-18(7-6-12(21)22)11(20)8-19-16-13(15-17-19)9-2-4-10(14)5-3-9/h2-5H,6-8H2,1H3,(H,21,22). The first-order valence-electron chi connectivity index (χ1n) is 6.45. The number of carboxylic acid groups (broad SMARTS) is 1. The zero-order chi connectivity index (χ0) is 16.1. The fourth-order valence-corrected chi connectivity index (χ4v) is 1.78. The molecule has 1 aromatic carbocycles. The highest BCUT2D eigenvalue weighted by atomic mass is 35.5. The van der Waals surface area contributed by atoms with Crippen molar-refractivity contribution in [3.05, 3.63) is 29.3 Å². The van der Waals surface area contributed by atoms with Crippen molar-refractivity contribution in [1.29, 1.82) is 0 Å². The zero-order valence-electron chi connectivity index (χ0n) is 11.8. The summed E-state index contributed by atoms with van der Waals surface area (Å²) in [6.45, 7) is 0.0314. The molecule has 1 N–H and O–H groups in total. The summed E-state index contributed by atoms with van der Waals surface area (Å²) in [6.07, 6.45) is -0.108. The van der Waals surface area contributed by atoms with E-state index in [2.05, 4.69) is 15.4 Å². The second-order valence-electron chi connectivity index (χ2n) is 4.61. The summed E-state index contributed by atoms with van der Waals surface area (Å²) in [4.78, 5) is 24.9. The molecule has 0 unspecified atom stereocenters. The molecule has 0 radical (unpaired) electrons. The van der Waals surface area contributed by atoms with Gasteiger partial charge in [0.05, 0.1) is 6.42 Å². The number of hydrogen-bond donors (Lipinski definition) is 1. The minimum absolute atomic E-state index is 0.100. The number of halogens is 1. The maximum absolute atomic E-state index is 11.9. The van der Waals surface area contributed by atoms with Gasteiger partial charge in [0.25, 0.3) is 0 Å². The summed E-state index contributed by atoms with van der Waals surface area (Å²) < 4.78 is 0. The van der Waals surface area contributed by atoms with Crippen LogP contribution in [0.4, 0.5) is 0 Å². The van der Waals surface area contributed by atoms with E-state index >= 15 is 0 Å². The quantitative estimate of drug-likeness (QED) is 0.848. The molecule has 2 rings (SSSR count). The van der Waals surface area contributed by atoms with Crippen molar-refractivity contribution in [3.8, 4) is 11.4 Å². The van der Waals surface area contributed by atoms with Crippen LogP contribution in [0, 0.1) is 0 Å². The highest BCUT2D eigenvalue weighted by Gasteiger charge is 2.13. The number of rotatable bonds is 6. The third kappa shape index (κ3) is 4.26. The SMILES string of the molecule is CN(CCC(=O)O)C(=O)Cn1nnc(-c2ccc(Cl)cc2)n1. The van der Waals surface area contributed by atoms with Crippen LogP contribution in [0.3, 0.4) is 0 Å². The molecule has 0 aliphatic heterocycles. The molecule has 0 bridgehead atoms. The minimum Gasteiger partial charge on any atom is -0.481 e. The van der Waals surface area contributed by atoms with Crippen molar-refractivity contribution in [3.63, 3.8) is 0 Å². The summed E-state index contributed by atoms with van der Waals surface area (Å²) >= 11 is 5.81. The van der Waals surface area contributed by atoms with Crippen LogP contribution in [0.2, 0.25) is 5.02 Å². The molecule has 0 atom stereocenters. The normalized spacial score (nSPS) is 10.5. The second kappa shape index (κ2) is 6.99. The van der Waals surface area contributed by atoms with Gasteiger partial charge < -0.3 is 10.0 Å². The largest absolute Gasteiger partial charge is 0.481 e. The minimum atomic E-state index is -0.955. The van der Waals surface area contributed by atoms with Crippen molar-refractivity contribution in [2.75, 3.05) is 13.6 Å². The molecule has 22 heavy (non-hydrogen) atoms. The van der Waals surface area contributed by atoms with Crippen LogP contribution in [0.25, 0.3) is 11.4 Å². The number of carbonyl (C=O) groups excluding carboxylic acids is 1. The van der Waals surface area contributed by atoms with Crippen molar-refractivity contribution in [2.24, 2.45) is 0 Å². The van der Waals surface area contributed by atoms with Gasteiger partial charge in [-0.2, -0.15) is 4.80 Å². The van der Waals surface area contributed by atoms with E-state index in [1.165, 1.54) is 16.7 Å². The Morgan fingerprint density at radius 3 is 2.64 bits per heavy atom. The smallest absolute Gasteiger partial charge is 0.305 e. The number of tetrazole rings is 1. The lowest BCUT2D eigenvalue weighted by Crippen LogP contribution is -2.32. The van der Waals surface area contributed by atoms with E-state index in [-0.39, 0.29) is 25.4 Å². The van der Waals surface area contributed by atoms with E-state index in [0.29, 0.717) is 10.8 Å². The Morgan fingerprint density at radius 1 is 1.32 bits per heavy atom. The number of carbonyl (C=O) groups is 2. The van der Waals surface area contributed by atoms with Crippen LogP contribution in [-0.4, -0.2) is 55.7 Å². The van der Waals surface area contributed by atoms with E-state index < -0.39 is 5.97 Å². The molecule has 0 fully saturated rings. The van der Waals surface area contributed by atoms with E-state index in [0.717, 1.165) is 5.56 Å². The fourth-order valence-electron chi connectivity index (χ4n) is 1.65. The summed E-state index contributed by atoms with van der Waals surface area (Å²) in [7, 11) is 1.53. The monoisotopic (exact) mass is 323 g/mol. The van der Waals surface area contributed by atoms with Gasteiger partial charge in [-0.15, -0.1) is 10.2 Å². The molecule has 2 aromatic rings. The first kappa shape index (κ1) is 15.9. The molecule has 1 aromatic heterocycles. The average molecular weight is 324 g/mol. The van der Waals surface area contributed by atoms with E-state index in [1.54, 1.807) is 24.3 Å². The topological polar surface area (TPSA) is 101 Å². The molecule has 1 heterocycles. The number of likely N-dealkylation sites (N-methyl/N-ethyl adjacent to an activating group) is 1. The van der Waals surface area contributed by atoms with Gasteiger partial charge in [-0.25, -0.2) is 0 Å². The lowest BCUT2D eigenvalue weighted by molar-refractivity contribution is -0.138. The molecule has 0 saturated carbocycles. The lowest BCUT2D eigenvalue weighted by Gasteiger charge is -2.14. The number of carboxylic acids is 1. The van der Waals surface area contributed by atoms with Crippen LogP contribution in [0.5, 0.6) is 0 Å². The van der Waals surface area contributed by atoms with Crippen LogP contribution in [-0.2, 0) is 16.1 Å². The van der Waals surface area contributed by atoms with Crippen LogP contribution >= 0.6 is 11.6 Å². The van der Waals surface area contributed by atoms with Crippen LogP contribution in [0.1, 0.15) is 6.42 Å². The molecule has 116 valence electrons. The first-order valence-corrected chi connectivity index (χ1v) is 6.83. The van der Waals surface area contributed by atoms with Gasteiger partial charge in [0.2, 0.25) is 11.7 Å². The summed E-state index contributed by atoms with van der Waals surface area (Å²) in [6, 6.07) is 6.93. The maximum atomic E-state index is 11.9. The molecule has 9 heteroatoms. The molecular formula is C13H14ClN5O3. The van der Waals surface area contributed by atoms with E-state index in [1.807, 2.05) is 0 Å². The van der Waals surface area contributed by atoms with Crippen molar-refractivity contribution >= 4 is 23.5 Å². The predicted octanol–water partition coefficient (Wildman–Crippen LogP) is 0.927. The molecule has 0 spiro atoms. The number of aliphatic carboxylic acids is 1. The Hall–Kier alpha value is -2.48.